The van der Waals surface area contributed by atoms with Gasteiger partial charge in [-0.05, 0) is 43.2 Å². The van der Waals surface area contributed by atoms with E-state index in [1.165, 1.54) is 7.11 Å². The fourth-order valence-corrected chi connectivity index (χ4v) is 3.69. The van der Waals surface area contributed by atoms with Crippen molar-refractivity contribution >= 4 is 17.4 Å². The zero-order valence-electron chi connectivity index (χ0n) is 17.0. The van der Waals surface area contributed by atoms with Crippen LogP contribution in [-0.4, -0.2) is 40.3 Å². The first kappa shape index (κ1) is 20.6. The summed E-state index contributed by atoms with van der Waals surface area (Å²) in [5.74, 6) is -1.04. The number of Topliss-reactive ketones (excluding diaryl/α,β-unsaturated/α-hetero) is 1. The summed E-state index contributed by atoms with van der Waals surface area (Å²) >= 11 is 0. The van der Waals surface area contributed by atoms with Crippen LogP contribution in [0.3, 0.4) is 0 Å². The monoisotopic (exact) mass is 394 g/mol. The molecule has 1 atom stereocenters. The molecule has 29 heavy (non-hydrogen) atoms. The third kappa shape index (κ3) is 4.01. The summed E-state index contributed by atoms with van der Waals surface area (Å²) in [5.41, 5.74) is 2.13. The Hall–Kier alpha value is -3.15. The molecule has 1 aromatic heterocycles. The second-order valence-corrected chi connectivity index (χ2v) is 7.18. The number of likely N-dealkylation sites (tertiary alicyclic amines) is 1. The van der Waals surface area contributed by atoms with Crippen LogP contribution in [0.15, 0.2) is 48.3 Å². The molecule has 0 saturated carbocycles. The van der Waals surface area contributed by atoms with Gasteiger partial charge in [0.15, 0.2) is 0 Å². The molecule has 152 valence electrons. The predicted molar refractivity (Wildman–Crippen MR) is 111 cm³/mol. The van der Waals surface area contributed by atoms with E-state index < -0.39 is 17.7 Å². The molecule has 1 aliphatic rings. The number of hydrogen-bond donors (Lipinski definition) is 1. The standard InChI is InChI=1S/C23H26N2O4/c1-4-5-6-13-25-20(16-9-11-24-12-10-16)19(22(27)23(25)28)21(26)17-14-15(2)7-8-18(17)29-3/h7-12,14,20,26H,4-6,13H2,1-3H3/b21-19+. The summed E-state index contributed by atoms with van der Waals surface area (Å²) in [4.78, 5) is 31.4. The van der Waals surface area contributed by atoms with E-state index in [2.05, 4.69) is 11.9 Å². The summed E-state index contributed by atoms with van der Waals surface area (Å²) < 4.78 is 5.38. The molecular weight excluding hydrogens is 368 g/mol. The highest BCUT2D eigenvalue weighted by Gasteiger charge is 2.46. The number of ether oxygens (including phenoxy) is 1. The van der Waals surface area contributed by atoms with Gasteiger partial charge in [0, 0.05) is 18.9 Å². The molecule has 1 aromatic carbocycles. The number of nitrogens with zero attached hydrogens (tertiary/aromatic N) is 2. The van der Waals surface area contributed by atoms with Crippen LogP contribution in [0.4, 0.5) is 0 Å². The molecule has 1 N–H and O–H groups in total. The number of aromatic nitrogens is 1. The van der Waals surface area contributed by atoms with Crippen molar-refractivity contribution in [1.29, 1.82) is 0 Å². The van der Waals surface area contributed by atoms with E-state index >= 15 is 0 Å². The van der Waals surface area contributed by atoms with Gasteiger partial charge < -0.3 is 14.7 Å². The molecule has 2 heterocycles. The number of benzene rings is 1. The molecule has 1 amide bonds. The zero-order valence-corrected chi connectivity index (χ0v) is 17.0. The van der Waals surface area contributed by atoms with E-state index in [9.17, 15) is 14.7 Å². The van der Waals surface area contributed by atoms with Crippen LogP contribution in [0.25, 0.3) is 5.76 Å². The maximum Gasteiger partial charge on any atom is 0.295 e. The van der Waals surface area contributed by atoms with Crippen LogP contribution in [0.1, 0.15) is 48.9 Å². The normalized spacial score (nSPS) is 18.3. The second-order valence-electron chi connectivity index (χ2n) is 7.18. The molecule has 0 bridgehead atoms. The molecule has 1 fully saturated rings. The van der Waals surface area contributed by atoms with E-state index in [1.807, 2.05) is 13.0 Å². The lowest BCUT2D eigenvalue weighted by atomic mass is 9.95. The molecule has 6 heteroatoms. The Morgan fingerprint density at radius 3 is 2.55 bits per heavy atom. The third-order valence-corrected chi connectivity index (χ3v) is 5.17. The minimum atomic E-state index is -0.677. The summed E-state index contributed by atoms with van der Waals surface area (Å²) in [6.07, 6.45) is 5.99. The third-order valence-electron chi connectivity index (χ3n) is 5.17. The number of ketones is 1. The number of unbranched alkanes of at least 4 members (excludes halogenated alkanes) is 2. The average Bonchev–Trinajstić information content (AvgIpc) is 2.99. The first-order valence-electron chi connectivity index (χ1n) is 9.83. The molecule has 1 aliphatic heterocycles. The van der Waals surface area contributed by atoms with Gasteiger partial charge in [-0.15, -0.1) is 0 Å². The van der Waals surface area contributed by atoms with Gasteiger partial charge in [0.25, 0.3) is 11.7 Å². The smallest absolute Gasteiger partial charge is 0.295 e. The Labute approximate surface area is 170 Å². The largest absolute Gasteiger partial charge is 0.507 e. The summed E-state index contributed by atoms with van der Waals surface area (Å²) in [5, 5.41) is 11.2. The number of rotatable bonds is 7. The fraction of sp³-hybridized carbons (Fsp3) is 0.348. The first-order chi connectivity index (χ1) is 14.0. The molecule has 0 spiro atoms. The van der Waals surface area contributed by atoms with Gasteiger partial charge in [-0.3, -0.25) is 14.6 Å². The van der Waals surface area contributed by atoms with Gasteiger partial charge in [-0.2, -0.15) is 0 Å². The minimum absolute atomic E-state index is 0.0848. The van der Waals surface area contributed by atoms with E-state index in [0.29, 0.717) is 17.9 Å². The highest BCUT2D eigenvalue weighted by molar-refractivity contribution is 6.46. The SMILES string of the molecule is CCCCCN1C(=O)C(=O)/C(=C(/O)c2cc(C)ccc2OC)C1c1ccncc1. The lowest BCUT2D eigenvalue weighted by Crippen LogP contribution is -2.30. The van der Waals surface area contributed by atoms with Gasteiger partial charge in [-0.1, -0.05) is 31.4 Å². The Kier molecular flexibility index (Phi) is 6.32. The lowest BCUT2D eigenvalue weighted by molar-refractivity contribution is -0.139. The molecule has 6 nitrogen and oxygen atoms in total. The van der Waals surface area contributed by atoms with Crippen LogP contribution in [-0.2, 0) is 9.59 Å². The average molecular weight is 394 g/mol. The van der Waals surface area contributed by atoms with Crippen LogP contribution in [0.2, 0.25) is 0 Å². The number of pyridine rings is 1. The number of hydrogen-bond acceptors (Lipinski definition) is 5. The topological polar surface area (TPSA) is 79.7 Å². The van der Waals surface area contributed by atoms with Gasteiger partial charge >= 0.3 is 0 Å². The fourth-order valence-electron chi connectivity index (χ4n) is 3.69. The Balaban J connectivity index is 2.16. The van der Waals surface area contributed by atoms with E-state index in [4.69, 9.17) is 4.74 Å². The Morgan fingerprint density at radius 1 is 1.17 bits per heavy atom. The molecule has 0 aliphatic carbocycles. The summed E-state index contributed by atoms with van der Waals surface area (Å²) in [7, 11) is 1.51. The predicted octanol–water partition coefficient (Wildman–Crippen LogP) is 4.01. The molecule has 1 saturated heterocycles. The van der Waals surface area contributed by atoms with Crippen LogP contribution in [0, 0.1) is 6.92 Å². The van der Waals surface area contributed by atoms with Crippen molar-refractivity contribution in [3.8, 4) is 5.75 Å². The first-order valence-corrected chi connectivity index (χ1v) is 9.83. The number of methoxy groups -OCH3 is 1. The maximum absolute atomic E-state index is 13.0. The molecular formula is C23H26N2O4. The van der Waals surface area contributed by atoms with Crippen molar-refractivity contribution in [2.45, 2.75) is 39.2 Å². The van der Waals surface area contributed by atoms with Crippen molar-refractivity contribution in [3.05, 3.63) is 65.0 Å². The van der Waals surface area contributed by atoms with Crippen LogP contribution >= 0.6 is 0 Å². The van der Waals surface area contributed by atoms with Gasteiger partial charge in [-0.25, -0.2) is 0 Å². The van der Waals surface area contributed by atoms with E-state index in [0.717, 1.165) is 30.4 Å². The number of amides is 1. The number of aliphatic hydroxyl groups is 1. The summed E-state index contributed by atoms with van der Waals surface area (Å²) in [6, 6.07) is 8.24. The van der Waals surface area contributed by atoms with Crippen LogP contribution in [0.5, 0.6) is 5.75 Å². The number of aliphatic hydroxyl groups excluding tert-OH is 1. The second kappa shape index (κ2) is 8.90. The lowest BCUT2D eigenvalue weighted by Gasteiger charge is -2.25. The highest BCUT2D eigenvalue weighted by atomic mass is 16.5. The van der Waals surface area contributed by atoms with Crippen molar-refractivity contribution < 1.29 is 19.4 Å². The summed E-state index contributed by atoms with van der Waals surface area (Å²) in [6.45, 7) is 4.42. The maximum atomic E-state index is 13.0. The van der Waals surface area contributed by atoms with Crippen molar-refractivity contribution in [3.63, 3.8) is 0 Å². The van der Waals surface area contributed by atoms with Crippen molar-refractivity contribution in [1.82, 2.24) is 9.88 Å². The highest BCUT2D eigenvalue weighted by Crippen LogP contribution is 2.41. The quantitative estimate of drug-likeness (QED) is 0.332. The Bertz CT molecular complexity index is 937. The van der Waals surface area contributed by atoms with Gasteiger partial charge in [0.05, 0.1) is 24.3 Å². The van der Waals surface area contributed by atoms with Crippen LogP contribution < -0.4 is 4.74 Å². The van der Waals surface area contributed by atoms with E-state index in [1.54, 1.807) is 41.6 Å². The number of carbonyl (C=O) groups excluding carboxylic acids is 2. The number of carbonyl (C=O) groups is 2. The van der Waals surface area contributed by atoms with E-state index in [-0.39, 0.29) is 11.3 Å². The molecule has 1 unspecified atom stereocenters. The van der Waals surface area contributed by atoms with Crippen molar-refractivity contribution in [2.75, 3.05) is 13.7 Å². The molecule has 0 radical (unpaired) electrons. The number of aryl methyl sites for hydroxylation is 1. The van der Waals surface area contributed by atoms with Gasteiger partial charge in [0.1, 0.15) is 11.5 Å². The van der Waals surface area contributed by atoms with Gasteiger partial charge in [0.2, 0.25) is 0 Å². The minimum Gasteiger partial charge on any atom is -0.507 e. The zero-order chi connectivity index (χ0) is 21.0. The van der Waals surface area contributed by atoms with Crippen molar-refractivity contribution in [2.24, 2.45) is 0 Å². The molecule has 2 aromatic rings. The molecule has 3 rings (SSSR count). The Morgan fingerprint density at radius 2 is 1.90 bits per heavy atom.